The molecule has 0 fully saturated rings. The van der Waals surface area contributed by atoms with Gasteiger partial charge in [0.15, 0.2) is 0 Å². The highest BCUT2D eigenvalue weighted by atomic mass is 16.5. The van der Waals surface area contributed by atoms with Crippen molar-refractivity contribution in [3.8, 4) is 11.5 Å². The first-order valence-corrected chi connectivity index (χ1v) is 8.59. The molecule has 0 saturated heterocycles. The largest absolute Gasteiger partial charge is 0.508 e. The van der Waals surface area contributed by atoms with Crippen LogP contribution in [0.1, 0.15) is 33.6 Å². The fourth-order valence-corrected chi connectivity index (χ4v) is 2.85. The summed E-state index contributed by atoms with van der Waals surface area (Å²) >= 11 is 0. The van der Waals surface area contributed by atoms with Gasteiger partial charge < -0.3 is 14.3 Å². The Morgan fingerprint density at radius 1 is 1.08 bits per heavy atom. The highest BCUT2D eigenvalue weighted by Gasteiger charge is 2.08. The van der Waals surface area contributed by atoms with E-state index in [0.717, 1.165) is 34.6 Å². The Morgan fingerprint density at radius 3 is 2.72 bits per heavy atom. The number of fused-ring (bicyclic) bond motifs is 2. The number of furan rings is 1. The molecular formula is C22H24O3. The summed E-state index contributed by atoms with van der Waals surface area (Å²) in [6, 6.07) is 9.29. The summed E-state index contributed by atoms with van der Waals surface area (Å²) in [5, 5.41) is 12.9. The molecular weight excluding hydrogens is 312 g/mol. The van der Waals surface area contributed by atoms with Gasteiger partial charge in [0.1, 0.15) is 23.7 Å². The highest BCUT2D eigenvalue weighted by molar-refractivity contribution is 5.99. The molecule has 130 valence electrons. The van der Waals surface area contributed by atoms with E-state index in [2.05, 4.69) is 32.9 Å². The number of phenols is 1. The van der Waals surface area contributed by atoms with E-state index >= 15 is 0 Å². The van der Waals surface area contributed by atoms with Gasteiger partial charge in [-0.3, -0.25) is 0 Å². The second-order valence-corrected chi connectivity index (χ2v) is 6.66. The molecule has 2 aromatic carbocycles. The van der Waals surface area contributed by atoms with E-state index in [9.17, 15) is 5.11 Å². The van der Waals surface area contributed by atoms with Crippen molar-refractivity contribution >= 4 is 21.7 Å². The molecule has 3 aromatic rings. The number of hydrogen-bond donors (Lipinski definition) is 1. The average Bonchev–Trinajstić information content (AvgIpc) is 2.99. The van der Waals surface area contributed by atoms with Crippen LogP contribution in [0.15, 0.2) is 64.3 Å². The van der Waals surface area contributed by atoms with Gasteiger partial charge in [-0.05, 0) is 69.3 Å². The molecule has 0 radical (unpaired) electrons. The maximum Gasteiger partial charge on any atom is 0.134 e. The number of phenolic OH excluding ortho intramolecular Hbond substituents is 1. The van der Waals surface area contributed by atoms with E-state index in [1.807, 2.05) is 18.2 Å². The smallest absolute Gasteiger partial charge is 0.134 e. The minimum Gasteiger partial charge on any atom is -0.508 e. The lowest BCUT2D eigenvalue weighted by Crippen LogP contribution is -1.96. The van der Waals surface area contributed by atoms with Crippen LogP contribution >= 0.6 is 0 Å². The average molecular weight is 336 g/mol. The lowest BCUT2D eigenvalue weighted by molar-refractivity contribution is 0.363. The summed E-state index contributed by atoms with van der Waals surface area (Å²) in [6.45, 7) is 6.85. The molecule has 0 bridgehead atoms. The lowest BCUT2D eigenvalue weighted by Gasteiger charge is -2.09. The fourth-order valence-electron chi connectivity index (χ4n) is 2.85. The Labute approximate surface area is 148 Å². The third-order valence-corrected chi connectivity index (χ3v) is 4.23. The Kier molecular flexibility index (Phi) is 5.13. The first kappa shape index (κ1) is 17.2. The van der Waals surface area contributed by atoms with Gasteiger partial charge in [-0.2, -0.15) is 0 Å². The number of ether oxygens (including phenoxy) is 1. The van der Waals surface area contributed by atoms with Crippen molar-refractivity contribution in [2.75, 3.05) is 6.61 Å². The minimum absolute atomic E-state index is 0.192. The second kappa shape index (κ2) is 7.47. The molecule has 3 heteroatoms. The Bertz CT molecular complexity index is 940. The number of benzene rings is 2. The SMILES string of the molecule is CC(C)=CCCC(C)=CCOc1cc(O)cc2cc3occc3cc12. The molecule has 0 aliphatic rings. The highest BCUT2D eigenvalue weighted by Crippen LogP contribution is 2.34. The molecule has 1 heterocycles. The predicted octanol–water partition coefficient (Wildman–Crippen LogP) is 6.36. The Morgan fingerprint density at radius 2 is 1.92 bits per heavy atom. The molecule has 3 rings (SSSR count). The molecule has 0 atom stereocenters. The number of aromatic hydroxyl groups is 1. The van der Waals surface area contributed by atoms with Crippen LogP contribution in [0.3, 0.4) is 0 Å². The molecule has 3 nitrogen and oxygen atoms in total. The van der Waals surface area contributed by atoms with E-state index < -0.39 is 0 Å². The quantitative estimate of drug-likeness (QED) is 0.532. The molecule has 0 aliphatic heterocycles. The minimum atomic E-state index is 0.192. The van der Waals surface area contributed by atoms with Gasteiger partial charge in [0.2, 0.25) is 0 Å². The zero-order chi connectivity index (χ0) is 17.8. The summed E-state index contributed by atoms with van der Waals surface area (Å²) in [5.41, 5.74) is 3.46. The summed E-state index contributed by atoms with van der Waals surface area (Å²) in [6.07, 6.45) is 8.11. The van der Waals surface area contributed by atoms with Crippen LogP contribution in [-0.4, -0.2) is 11.7 Å². The standard InChI is InChI=1S/C22H24O3/c1-15(2)5-4-6-16(3)7-9-25-22-14-19(23)11-18-13-21-17(8-10-24-21)12-20(18)22/h5,7-8,10-14,23H,4,6,9H2,1-3H3. The molecule has 0 spiro atoms. The third-order valence-electron chi connectivity index (χ3n) is 4.23. The van der Waals surface area contributed by atoms with Gasteiger partial charge in [-0.1, -0.05) is 17.2 Å². The topological polar surface area (TPSA) is 42.6 Å². The number of rotatable bonds is 6. The first-order chi connectivity index (χ1) is 12.0. The zero-order valence-electron chi connectivity index (χ0n) is 15.0. The van der Waals surface area contributed by atoms with E-state index in [4.69, 9.17) is 9.15 Å². The van der Waals surface area contributed by atoms with Crippen LogP contribution in [0, 0.1) is 0 Å². The Hall–Kier alpha value is -2.68. The van der Waals surface area contributed by atoms with Crippen LogP contribution in [0.25, 0.3) is 21.7 Å². The van der Waals surface area contributed by atoms with E-state index in [0.29, 0.717) is 12.4 Å². The van der Waals surface area contributed by atoms with Crippen molar-refractivity contribution in [1.82, 2.24) is 0 Å². The van der Waals surface area contributed by atoms with E-state index in [1.54, 1.807) is 18.4 Å². The molecule has 0 aliphatic carbocycles. The van der Waals surface area contributed by atoms with Crippen molar-refractivity contribution in [3.05, 3.63) is 59.9 Å². The van der Waals surface area contributed by atoms with Gasteiger partial charge in [0, 0.05) is 16.8 Å². The van der Waals surface area contributed by atoms with Gasteiger partial charge in [0.25, 0.3) is 0 Å². The van der Waals surface area contributed by atoms with Crippen LogP contribution in [-0.2, 0) is 0 Å². The van der Waals surface area contributed by atoms with Crippen molar-refractivity contribution in [2.45, 2.75) is 33.6 Å². The molecule has 1 N–H and O–H groups in total. The predicted molar refractivity (Wildman–Crippen MR) is 103 cm³/mol. The lowest BCUT2D eigenvalue weighted by atomic mass is 10.1. The van der Waals surface area contributed by atoms with Gasteiger partial charge in [-0.15, -0.1) is 0 Å². The molecule has 25 heavy (non-hydrogen) atoms. The van der Waals surface area contributed by atoms with Crippen LogP contribution in [0.2, 0.25) is 0 Å². The number of hydrogen-bond acceptors (Lipinski definition) is 3. The molecule has 0 unspecified atom stereocenters. The van der Waals surface area contributed by atoms with Crippen LogP contribution in [0.4, 0.5) is 0 Å². The van der Waals surface area contributed by atoms with E-state index in [-0.39, 0.29) is 5.75 Å². The van der Waals surface area contributed by atoms with Gasteiger partial charge in [-0.25, -0.2) is 0 Å². The maximum absolute atomic E-state index is 9.98. The van der Waals surface area contributed by atoms with Crippen molar-refractivity contribution in [2.24, 2.45) is 0 Å². The van der Waals surface area contributed by atoms with E-state index in [1.165, 1.54) is 11.1 Å². The van der Waals surface area contributed by atoms with Gasteiger partial charge in [0.05, 0.1) is 6.26 Å². The normalized spacial score (nSPS) is 11.9. The number of allylic oxidation sites excluding steroid dienone is 3. The zero-order valence-corrected chi connectivity index (χ0v) is 15.0. The maximum atomic E-state index is 9.98. The van der Waals surface area contributed by atoms with Crippen molar-refractivity contribution in [3.63, 3.8) is 0 Å². The van der Waals surface area contributed by atoms with Crippen molar-refractivity contribution in [1.29, 1.82) is 0 Å². The first-order valence-electron chi connectivity index (χ1n) is 8.59. The summed E-state index contributed by atoms with van der Waals surface area (Å²) < 4.78 is 11.4. The van der Waals surface area contributed by atoms with Gasteiger partial charge >= 0.3 is 0 Å². The molecule has 1 aromatic heterocycles. The van der Waals surface area contributed by atoms with Crippen LogP contribution in [0.5, 0.6) is 11.5 Å². The van der Waals surface area contributed by atoms with Crippen LogP contribution < -0.4 is 4.74 Å². The molecule has 0 saturated carbocycles. The fraction of sp³-hybridized carbons (Fsp3) is 0.273. The summed E-state index contributed by atoms with van der Waals surface area (Å²) in [7, 11) is 0. The third kappa shape index (κ3) is 4.24. The Balaban J connectivity index is 1.77. The monoisotopic (exact) mass is 336 g/mol. The second-order valence-electron chi connectivity index (χ2n) is 6.66. The van der Waals surface area contributed by atoms with Crippen molar-refractivity contribution < 1.29 is 14.3 Å². The summed E-state index contributed by atoms with van der Waals surface area (Å²) in [5.74, 6) is 0.879. The molecule has 0 amide bonds. The summed E-state index contributed by atoms with van der Waals surface area (Å²) in [4.78, 5) is 0.